The Morgan fingerprint density at radius 3 is 2.53 bits per heavy atom. The molecule has 0 spiro atoms. The molecule has 0 bridgehead atoms. The molecule has 3 aromatic rings. The lowest BCUT2D eigenvalue weighted by Crippen LogP contribution is -2.28. The van der Waals surface area contributed by atoms with Crippen LogP contribution in [0.3, 0.4) is 0 Å². The number of aryl methyl sites for hydroxylation is 1. The Labute approximate surface area is 121 Å². The first kappa shape index (κ1) is 12.4. The summed E-state index contributed by atoms with van der Waals surface area (Å²) in [7, 11) is 2.09. The van der Waals surface area contributed by atoms with Crippen molar-refractivity contribution in [1.82, 2.24) is 0 Å². The first-order chi connectivity index (χ1) is 9.25. The lowest BCUT2D eigenvalue weighted by molar-refractivity contribution is -0.642. The minimum Gasteiger partial charge on any atom is -0.185 e. The highest BCUT2D eigenvalue weighted by atomic mass is 35.5. The molecular formula is C16H13ClNS+. The smallest absolute Gasteiger partial charge is 0.185 e. The maximum absolute atomic E-state index is 6.15. The number of para-hydroxylation sites is 1. The third-order valence-electron chi connectivity index (χ3n) is 3.08. The first-order valence-electron chi connectivity index (χ1n) is 6.06. The lowest BCUT2D eigenvalue weighted by Gasteiger charge is -1.94. The average Bonchev–Trinajstić information content (AvgIpc) is 2.75. The molecule has 0 fully saturated rings. The summed E-state index contributed by atoms with van der Waals surface area (Å²) < 4.78 is 3.50. The van der Waals surface area contributed by atoms with Crippen molar-refractivity contribution < 1.29 is 4.57 Å². The van der Waals surface area contributed by atoms with Crippen molar-refractivity contribution in [2.45, 2.75) is 0 Å². The number of halogens is 1. The molecule has 3 rings (SSSR count). The van der Waals surface area contributed by atoms with Gasteiger partial charge in [-0.2, -0.15) is 4.57 Å². The van der Waals surface area contributed by atoms with E-state index in [2.05, 4.69) is 48.0 Å². The number of nitrogens with zero attached hydrogens (tertiary/aromatic N) is 1. The number of rotatable bonds is 2. The fourth-order valence-corrected chi connectivity index (χ4v) is 3.29. The molecule has 94 valence electrons. The highest BCUT2D eigenvalue weighted by Gasteiger charge is 2.13. The minimum absolute atomic E-state index is 0.780. The number of fused-ring (bicyclic) bond motifs is 1. The Hall–Kier alpha value is -1.64. The van der Waals surface area contributed by atoms with Crippen LogP contribution in [0, 0.1) is 0 Å². The van der Waals surface area contributed by atoms with Gasteiger partial charge in [-0.05, 0) is 23.8 Å². The number of hydrogen-bond donors (Lipinski definition) is 0. The summed E-state index contributed by atoms with van der Waals surface area (Å²) in [4.78, 5) is 0. The second-order valence-corrected chi connectivity index (χ2v) is 5.79. The molecule has 19 heavy (non-hydrogen) atoms. The van der Waals surface area contributed by atoms with Crippen LogP contribution in [-0.4, -0.2) is 0 Å². The Morgan fingerprint density at radius 2 is 1.74 bits per heavy atom. The van der Waals surface area contributed by atoms with E-state index in [0.717, 1.165) is 10.6 Å². The van der Waals surface area contributed by atoms with E-state index in [-0.39, 0.29) is 0 Å². The van der Waals surface area contributed by atoms with E-state index >= 15 is 0 Å². The third kappa shape index (κ3) is 2.42. The van der Waals surface area contributed by atoms with Crippen LogP contribution in [0.5, 0.6) is 0 Å². The molecule has 1 aromatic heterocycles. The summed E-state index contributed by atoms with van der Waals surface area (Å²) in [5.41, 5.74) is 2.30. The SMILES string of the molecule is C[n+]1c(C=Cc2ccccc2Cl)sc2ccccc21. The minimum atomic E-state index is 0.780. The van der Waals surface area contributed by atoms with Gasteiger partial charge in [-0.3, -0.25) is 0 Å². The van der Waals surface area contributed by atoms with Crippen molar-refractivity contribution in [2.75, 3.05) is 0 Å². The van der Waals surface area contributed by atoms with E-state index in [1.807, 2.05) is 24.3 Å². The van der Waals surface area contributed by atoms with Crippen LogP contribution in [0.25, 0.3) is 22.4 Å². The van der Waals surface area contributed by atoms with Crippen LogP contribution >= 0.6 is 22.9 Å². The average molecular weight is 287 g/mol. The predicted molar refractivity (Wildman–Crippen MR) is 83.4 cm³/mol. The zero-order valence-corrected chi connectivity index (χ0v) is 12.1. The summed E-state index contributed by atoms with van der Waals surface area (Å²) >= 11 is 7.94. The molecule has 0 atom stereocenters. The number of benzene rings is 2. The number of hydrogen-bond acceptors (Lipinski definition) is 1. The Balaban J connectivity index is 2.02. The van der Waals surface area contributed by atoms with E-state index in [4.69, 9.17) is 11.6 Å². The predicted octanol–water partition coefficient (Wildman–Crippen LogP) is 4.55. The molecule has 0 radical (unpaired) electrons. The van der Waals surface area contributed by atoms with Gasteiger partial charge in [0.05, 0.1) is 0 Å². The van der Waals surface area contributed by atoms with Crippen LogP contribution in [0.4, 0.5) is 0 Å². The third-order valence-corrected chi connectivity index (χ3v) is 4.61. The highest BCUT2D eigenvalue weighted by molar-refractivity contribution is 7.18. The van der Waals surface area contributed by atoms with E-state index in [1.165, 1.54) is 15.2 Å². The largest absolute Gasteiger partial charge is 0.262 e. The van der Waals surface area contributed by atoms with Crippen LogP contribution in [0.2, 0.25) is 5.02 Å². The van der Waals surface area contributed by atoms with E-state index in [9.17, 15) is 0 Å². The Bertz CT molecular complexity index is 758. The van der Waals surface area contributed by atoms with E-state index in [1.54, 1.807) is 11.3 Å². The van der Waals surface area contributed by atoms with Gasteiger partial charge < -0.3 is 0 Å². The van der Waals surface area contributed by atoms with Gasteiger partial charge in [0, 0.05) is 17.2 Å². The van der Waals surface area contributed by atoms with Crippen molar-refractivity contribution in [2.24, 2.45) is 7.05 Å². The van der Waals surface area contributed by atoms with Crippen molar-refractivity contribution in [1.29, 1.82) is 0 Å². The molecule has 3 heteroatoms. The lowest BCUT2D eigenvalue weighted by atomic mass is 10.2. The zero-order valence-electron chi connectivity index (χ0n) is 10.5. The van der Waals surface area contributed by atoms with Crippen LogP contribution in [0.1, 0.15) is 10.6 Å². The van der Waals surface area contributed by atoms with Crippen LogP contribution < -0.4 is 4.57 Å². The van der Waals surface area contributed by atoms with Gasteiger partial charge >= 0.3 is 0 Å². The van der Waals surface area contributed by atoms with Crippen LogP contribution in [0.15, 0.2) is 48.5 Å². The molecule has 1 nitrogen and oxygen atoms in total. The van der Waals surface area contributed by atoms with Gasteiger partial charge in [-0.1, -0.05) is 53.3 Å². The summed E-state index contributed by atoms with van der Waals surface area (Å²) in [5.74, 6) is 0. The molecule has 0 N–H and O–H groups in total. The van der Waals surface area contributed by atoms with Crippen molar-refractivity contribution in [3.8, 4) is 0 Å². The van der Waals surface area contributed by atoms with Gasteiger partial charge in [-0.15, -0.1) is 0 Å². The highest BCUT2D eigenvalue weighted by Crippen LogP contribution is 2.22. The monoisotopic (exact) mass is 286 g/mol. The van der Waals surface area contributed by atoms with E-state index < -0.39 is 0 Å². The van der Waals surface area contributed by atoms with Crippen molar-refractivity contribution >= 4 is 45.3 Å². The topological polar surface area (TPSA) is 3.88 Å². The summed E-state index contributed by atoms with van der Waals surface area (Å²) in [6, 6.07) is 16.3. The van der Waals surface area contributed by atoms with Crippen LogP contribution in [-0.2, 0) is 7.05 Å². The number of thiazole rings is 1. The fourth-order valence-electron chi connectivity index (χ4n) is 2.04. The molecule has 0 saturated heterocycles. The molecule has 0 saturated carbocycles. The summed E-state index contributed by atoms with van der Waals surface area (Å²) in [5, 5.41) is 1.99. The van der Waals surface area contributed by atoms with Gasteiger partial charge in [0.25, 0.3) is 5.01 Å². The Kier molecular flexibility index (Phi) is 3.36. The first-order valence-corrected chi connectivity index (χ1v) is 7.25. The van der Waals surface area contributed by atoms with Gasteiger partial charge in [0.15, 0.2) is 0 Å². The Morgan fingerprint density at radius 1 is 1.00 bits per heavy atom. The quantitative estimate of drug-likeness (QED) is 0.609. The molecule has 2 aromatic carbocycles. The van der Waals surface area contributed by atoms with Crippen molar-refractivity contribution in [3.63, 3.8) is 0 Å². The molecule has 0 aliphatic heterocycles. The maximum atomic E-state index is 6.15. The van der Waals surface area contributed by atoms with Gasteiger partial charge in [0.2, 0.25) is 5.52 Å². The molecule has 0 aliphatic carbocycles. The van der Waals surface area contributed by atoms with Gasteiger partial charge in [-0.25, -0.2) is 0 Å². The van der Waals surface area contributed by atoms with Gasteiger partial charge in [0.1, 0.15) is 11.7 Å². The maximum Gasteiger partial charge on any atom is 0.262 e. The molecule has 1 heterocycles. The number of aromatic nitrogens is 1. The molecule has 0 unspecified atom stereocenters. The molecular weight excluding hydrogens is 274 g/mol. The second-order valence-electron chi connectivity index (χ2n) is 4.32. The van der Waals surface area contributed by atoms with Crippen molar-refractivity contribution in [3.05, 3.63) is 64.1 Å². The fraction of sp³-hybridized carbons (Fsp3) is 0.0625. The summed E-state index contributed by atoms with van der Waals surface area (Å²) in [6.45, 7) is 0. The summed E-state index contributed by atoms with van der Waals surface area (Å²) in [6.07, 6.45) is 4.18. The normalized spacial score (nSPS) is 11.5. The zero-order chi connectivity index (χ0) is 13.2. The molecule has 0 aliphatic rings. The standard InChI is InChI=1S/C16H13ClNS/c1-18-14-8-4-5-9-15(14)19-16(18)11-10-12-6-2-3-7-13(12)17/h2-11H,1H3/q+1. The second kappa shape index (κ2) is 5.16. The van der Waals surface area contributed by atoms with E-state index in [0.29, 0.717) is 0 Å². The molecule has 0 amide bonds.